The monoisotopic (exact) mass is 299 g/mol. The first-order chi connectivity index (χ1) is 9.29. The highest BCUT2D eigenvalue weighted by Crippen LogP contribution is 2.10. The molecule has 110 valence electrons. The number of nitrogens with zero attached hydrogens (tertiary/aromatic N) is 1. The highest BCUT2D eigenvalue weighted by atomic mass is 35.5. The fourth-order valence-corrected chi connectivity index (χ4v) is 1.51. The van der Waals surface area contributed by atoms with Crippen molar-refractivity contribution in [3.63, 3.8) is 0 Å². The second kappa shape index (κ2) is 7.09. The number of halogens is 1. The van der Waals surface area contributed by atoms with Gasteiger partial charge in [-0.3, -0.25) is 4.79 Å². The van der Waals surface area contributed by atoms with Crippen LogP contribution in [0.1, 0.15) is 31.1 Å². The van der Waals surface area contributed by atoms with Crippen LogP contribution in [0.3, 0.4) is 0 Å². The van der Waals surface area contributed by atoms with Crippen molar-refractivity contribution in [2.75, 3.05) is 13.1 Å². The summed E-state index contributed by atoms with van der Waals surface area (Å²) < 4.78 is 5.05. The molecule has 0 unspecified atom stereocenters. The van der Waals surface area contributed by atoms with Crippen molar-refractivity contribution in [3.05, 3.63) is 29.0 Å². The number of pyridine rings is 1. The molecule has 0 spiro atoms. The summed E-state index contributed by atoms with van der Waals surface area (Å²) in [6.07, 6.45) is 0.981. The number of rotatable bonds is 4. The number of aromatic nitrogens is 1. The first-order valence-electron chi connectivity index (χ1n) is 6.15. The lowest BCUT2D eigenvalue weighted by atomic mass is 10.2. The van der Waals surface area contributed by atoms with E-state index in [1.165, 1.54) is 6.20 Å². The first kappa shape index (κ1) is 16.2. The first-order valence-corrected chi connectivity index (χ1v) is 6.53. The molecule has 1 aromatic rings. The molecule has 2 amide bonds. The summed E-state index contributed by atoms with van der Waals surface area (Å²) in [5.41, 5.74) is -0.247. The third-order valence-electron chi connectivity index (χ3n) is 2.08. The molecule has 20 heavy (non-hydrogen) atoms. The molecule has 1 heterocycles. The average Bonchev–Trinajstić information content (AvgIpc) is 2.33. The summed E-state index contributed by atoms with van der Waals surface area (Å²) in [5.74, 6) is -0.339. The van der Waals surface area contributed by atoms with Crippen LogP contribution in [0.2, 0.25) is 5.15 Å². The van der Waals surface area contributed by atoms with Gasteiger partial charge in [-0.1, -0.05) is 11.6 Å². The largest absolute Gasteiger partial charge is 0.444 e. The van der Waals surface area contributed by atoms with Crippen LogP contribution in [0.4, 0.5) is 4.79 Å². The Morgan fingerprint density at radius 3 is 2.55 bits per heavy atom. The fourth-order valence-electron chi connectivity index (χ4n) is 1.31. The average molecular weight is 300 g/mol. The van der Waals surface area contributed by atoms with Crippen LogP contribution in [0.15, 0.2) is 18.3 Å². The Labute approximate surface area is 122 Å². The number of alkyl carbamates (subject to hydrolysis) is 1. The number of carbonyl (C=O) groups is 2. The molecule has 1 rings (SSSR count). The van der Waals surface area contributed by atoms with E-state index in [4.69, 9.17) is 16.3 Å². The van der Waals surface area contributed by atoms with E-state index < -0.39 is 11.7 Å². The van der Waals surface area contributed by atoms with Crippen molar-refractivity contribution in [3.8, 4) is 0 Å². The number of amides is 2. The normalized spacial score (nSPS) is 10.8. The molecule has 1 aromatic heterocycles. The molecular formula is C13H18ClN3O3. The van der Waals surface area contributed by atoms with Gasteiger partial charge in [0.1, 0.15) is 10.8 Å². The van der Waals surface area contributed by atoms with E-state index in [9.17, 15) is 9.59 Å². The summed E-state index contributed by atoms with van der Waals surface area (Å²) in [6.45, 7) is 5.86. The minimum Gasteiger partial charge on any atom is -0.444 e. The van der Waals surface area contributed by atoms with Gasteiger partial charge in [0, 0.05) is 19.3 Å². The van der Waals surface area contributed by atoms with Crippen molar-refractivity contribution in [1.82, 2.24) is 15.6 Å². The van der Waals surface area contributed by atoms with Crippen LogP contribution in [0, 0.1) is 0 Å². The van der Waals surface area contributed by atoms with Crippen LogP contribution in [0.25, 0.3) is 0 Å². The molecule has 7 heteroatoms. The highest BCUT2D eigenvalue weighted by molar-refractivity contribution is 6.32. The van der Waals surface area contributed by atoms with E-state index in [0.29, 0.717) is 5.56 Å². The smallest absolute Gasteiger partial charge is 0.407 e. The maximum absolute atomic E-state index is 11.8. The molecular weight excluding hydrogens is 282 g/mol. The van der Waals surface area contributed by atoms with Gasteiger partial charge >= 0.3 is 6.09 Å². The lowest BCUT2D eigenvalue weighted by Crippen LogP contribution is -2.37. The van der Waals surface area contributed by atoms with E-state index in [1.807, 2.05) is 0 Å². The molecule has 0 atom stereocenters. The number of nitrogens with one attached hydrogen (secondary N) is 2. The quantitative estimate of drug-likeness (QED) is 0.658. The maximum Gasteiger partial charge on any atom is 0.407 e. The zero-order valence-electron chi connectivity index (χ0n) is 11.7. The second-order valence-corrected chi connectivity index (χ2v) is 5.38. The van der Waals surface area contributed by atoms with E-state index in [0.717, 1.165) is 0 Å². The molecule has 0 bridgehead atoms. The van der Waals surface area contributed by atoms with Crippen LogP contribution in [0.5, 0.6) is 0 Å². The fraction of sp³-hybridized carbons (Fsp3) is 0.462. The van der Waals surface area contributed by atoms with E-state index >= 15 is 0 Å². The molecule has 6 nitrogen and oxygen atoms in total. The number of hydrogen-bond acceptors (Lipinski definition) is 4. The van der Waals surface area contributed by atoms with Crippen molar-refractivity contribution >= 4 is 23.6 Å². The van der Waals surface area contributed by atoms with Crippen molar-refractivity contribution in [2.45, 2.75) is 26.4 Å². The van der Waals surface area contributed by atoms with Crippen LogP contribution in [-0.2, 0) is 4.74 Å². The number of ether oxygens (including phenoxy) is 1. The molecule has 0 radical (unpaired) electrons. The minimum atomic E-state index is -0.545. The Morgan fingerprint density at radius 2 is 1.95 bits per heavy atom. The van der Waals surface area contributed by atoms with E-state index in [-0.39, 0.29) is 24.1 Å². The topological polar surface area (TPSA) is 80.3 Å². The van der Waals surface area contributed by atoms with Gasteiger partial charge in [0.25, 0.3) is 5.91 Å². The predicted octanol–water partition coefficient (Wildman–Crippen LogP) is 1.99. The Hall–Kier alpha value is -1.82. The summed E-state index contributed by atoms with van der Waals surface area (Å²) in [5, 5.41) is 5.30. The lowest BCUT2D eigenvalue weighted by Gasteiger charge is -2.19. The standard InChI is InChI=1S/C13H18ClN3O3/c1-13(2,3)20-12(19)17-8-7-16-11(18)9-5-4-6-15-10(9)14/h4-6H,7-8H2,1-3H3,(H,16,18)(H,17,19). The lowest BCUT2D eigenvalue weighted by molar-refractivity contribution is 0.0526. The van der Waals surface area contributed by atoms with Crippen LogP contribution < -0.4 is 10.6 Å². The van der Waals surface area contributed by atoms with Crippen molar-refractivity contribution in [2.24, 2.45) is 0 Å². The van der Waals surface area contributed by atoms with Gasteiger partial charge in [-0.05, 0) is 32.9 Å². The molecule has 0 fully saturated rings. The molecule has 0 saturated carbocycles. The van der Waals surface area contributed by atoms with Gasteiger partial charge < -0.3 is 15.4 Å². The van der Waals surface area contributed by atoms with Crippen LogP contribution >= 0.6 is 11.6 Å². The summed E-state index contributed by atoms with van der Waals surface area (Å²) >= 11 is 5.79. The Morgan fingerprint density at radius 1 is 1.30 bits per heavy atom. The minimum absolute atomic E-state index is 0.144. The highest BCUT2D eigenvalue weighted by Gasteiger charge is 2.15. The number of hydrogen-bond donors (Lipinski definition) is 2. The van der Waals surface area contributed by atoms with Gasteiger partial charge in [-0.25, -0.2) is 9.78 Å². The Balaban J connectivity index is 2.30. The van der Waals surface area contributed by atoms with Gasteiger partial charge in [-0.2, -0.15) is 0 Å². The van der Waals surface area contributed by atoms with Crippen LogP contribution in [-0.4, -0.2) is 35.7 Å². The predicted molar refractivity (Wildman–Crippen MR) is 75.8 cm³/mol. The Kier molecular flexibility index (Phi) is 5.76. The van der Waals surface area contributed by atoms with E-state index in [2.05, 4.69) is 15.6 Å². The van der Waals surface area contributed by atoms with Gasteiger partial charge in [0.05, 0.1) is 5.56 Å². The molecule has 0 aliphatic carbocycles. The zero-order chi connectivity index (χ0) is 15.2. The summed E-state index contributed by atoms with van der Waals surface area (Å²) in [7, 11) is 0. The van der Waals surface area contributed by atoms with Gasteiger partial charge in [0.2, 0.25) is 0 Å². The molecule has 2 N–H and O–H groups in total. The van der Waals surface area contributed by atoms with Gasteiger partial charge in [-0.15, -0.1) is 0 Å². The molecule has 0 saturated heterocycles. The van der Waals surface area contributed by atoms with Crippen molar-refractivity contribution in [1.29, 1.82) is 0 Å². The Bertz CT molecular complexity index is 486. The SMILES string of the molecule is CC(C)(C)OC(=O)NCCNC(=O)c1cccnc1Cl. The molecule has 0 aliphatic heterocycles. The summed E-state index contributed by atoms with van der Waals surface area (Å²) in [4.78, 5) is 26.9. The molecule has 0 aliphatic rings. The maximum atomic E-state index is 11.8. The van der Waals surface area contributed by atoms with Crippen molar-refractivity contribution < 1.29 is 14.3 Å². The third-order valence-corrected chi connectivity index (χ3v) is 2.38. The number of carbonyl (C=O) groups excluding carboxylic acids is 2. The summed E-state index contributed by atoms with van der Waals surface area (Å²) in [6, 6.07) is 3.20. The third kappa shape index (κ3) is 5.88. The zero-order valence-corrected chi connectivity index (χ0v) is 12.5. The van der Waals surface area contributed by atoms with E-state index in [1.54, 1.807) is 32.9 Å². The molecule has 0 aromatic carbocycles. The second-order valence-electron chi connectivity index (χ2n) is 5.03. The van der Waals surface area contributed by atoms with Gasteiger partial charge in [0.15, 0.2) is 0 Å².